The van der Waals surface area contributed by atoms with Crippen molar-refractivity contribution in [2.45, 2.75) is 77.3 Å². The molecule has 0 amide bonds. The highest BCUT2D eigenvalue weighted by molar-refractivity contribution is 7.09. The maximum Gasteiger partial charge on any atom is 0.0944 e. The van der Waals surface area contributed by atoms with Crippen LogP contribution in [0.2, 0.25) is 0 Å². The van der Waals surface area contributed by atoms with E-state index in [-0.39, 0.29) is 17.0 Å². The summed E-state index contributed by atoms with van der Waals surface area (Å²) in [6.07, 6.45) is 4.86. The largest absolute Gasteiger partial charge is 0.326 e. The molecule has 0 radical (unpaired) electrons. The van der Waals surface area contributed by atoms with Crippen LogP contribution in [0.15, 0.2) is 5.38 Å². The summed E-state index contributed by atoms with van der Waals surface area (Å²) < 4.78 is 0. The maximum absolute atomic E-state index is 6.56. The van der Waals surface area contributed by atoms with Crippen LogP contribution in [-0.2, 0) is 11.8 Å². The summed E-state index contributed by atoms with van der Waals surface area (Å²) in [5.41, 5.74) is 7.92. The van der Waals surface area contributed by atoms with Gasteiger partial charge in [0, 0.05) is 28.8 Å². The lowest BCUT2D eigenvalue weighted by molar-refractivity contribution is 0.0731. The molecule has 0 bridgehead atoms. The third-order valence-corrected chi connectivity index (χ3v) is 5.66. The number of piperidine rings is 1. The van der Waals surface area contributed by atoms with Crippen molar-refractivity contribution in [1.29, 1.82) is 0 Å². The molecule has 0 saturated carbocycles. The number of hydrogen-bond donors (Lipinski definition) is 1. The van der Waals surface area contributed by atoms with Crippen molar-refractivity contribution < 1.29 is 0 Å². The first-order valence-corrected chi connectivity index (χ1v) is 9.05. The lowest BCUT2D eigenvalue weighted by Gasteiger charge is -2.44. The van der Waals surface area contributed by atoms with E-state index in [4.69, 9.17) is 10.7 Å². The normalized spacial score (nSPS) is 19.7. The zero-order valence-electron chi connectivity index (χ0n) is 14.3. The number of hydrogen-bond acceptors (Lipinski definition) is 4. The van der Waals surface area contributed by atoms with E-state index >= 15 is 0 Å². The van der Waals surface area contributed by atoms with Gasteiger partial charge in [-0.25, -0.2) is 4.98 Å². The molecule has 120 valence electrons. The SMILES string of the molecule is CC(C)(C)c1csc(CC(N)C(C)(C)N2CCCCC2)n1. The van der Waals surface area contributed by atoms with Gasteiger partial charge in [0.05, 0.1) is 10.7 Å². The molecule has 2 N–H and O–H groups in total. The van der Waals surface area contributed by atoms with Crippen LogP contribution < -0.4 is 5.73 Å². The fraction of sp³-hybridized carbons (Fsp3) is 0.824. The van der Waals surface area contributed by atoms with Crippen LogP contribution >= 0.6 is 11.3 Å². The summed E-state index contributed by atoms with van der Waals surface area (Å²) in [4.78, 5) is 7.37. The first-order chi connectivity index (χ1) is 9.71. The molecule has 0 aromatic carbocycles. The van der Waals surface area contributed by atoms with Crippen LogP contribution in [-0.4, -0.2) is 34.6 Å². The van der Waals surface area contributed by atoms with Gasteiger partial charge in [-0.1, -0.05) is 27.2 Å². The smallest absolute Gasteiger partial charge is 0.0944 e. The zero-order valence-corrected chi connectivity index (χ0v) is 15.1. The first kappa shape index (κ1) is 16.9. The average molecular weight is 310 g/mol. The van der Waals surface area contributed by atoms with Crippen LogP contribution in [0.4, 0.5) is 0 Å². The van der Waals surface area contributed by atoms with Gasteiger partial charge in [-0.15, -0.1) is 11.3 Å². The Morgan fingerprint density at radius 1 is 1.19 bits per heavy atom. The van der Waals surface area contributed by atoms with Crippen LogP contribution in [0, 0.1) is 0 Å². The highest BCUT2D eigenvalue weighted by Gasteiger charge is 2.34. The molecule has 1 saturated heterocycles. The summed E-state index contributed by atoms with van der Waals surface area (Å²) >= 11 is 1.76. The van der Waals surface area contributed by atoms with Gasteiger partial charge in [0.25, 0.3) is 0 Å². The number of likely N-dealkylation sites (tertiary alicyclic amines) is 1. The van der Waals surface area contributed by atoms with E-state index in [0.717, 1.165) is 6.42 Å². The third-order valence-electron chi connectivity index (χ3n) is 4.79. The summed E-state index contributed by atoms with van der Waals surface area (Å²) in [5.74, 6) is 0. The molecule has 1 aliphatic rings. The van der Waals surface area contributed by atoms with Gasteiger partial charge in [-0.2, -0.15) is 0 Å². The predicted molar refractivity (Wildman–Crippen MR) is 92.0 cm³/mol. The molecule has 0 aliphatic carbocycles. The number of aromatic nitrogens is 1. The number of thiazole rings is 1. The van der Waals surface area contributed by atoms with E-state index in [1.54, 1.807) is 11.3 Å². The Labute approximate surface area is 133 Å². The molecule has 2 rings (SSSR count). The van der Waals surface area contributed by atoms with Gasteiger partial charge in [0.15, 0.2) is 0 Å². The average Bonchev–Trinajstić information content (AvgIpc) is 2.88. The van der Waals surface area contributed by atoms with Crippen molar-refractivity contribution in [2.24, 2.45) is 5.73 Å². The van der Waals surface area contributed by atoms with Gasteiger partial charge >= 0.3 is 0 Å². The number of nitrogens with zero attached hydrogens (tertiary/aromatic N) is 2. The predicted octanol–water partition coefficient (Wildman–Crippen LogP) is 3.57. The van der Waals surface area contributed by atoms with Gasteiger partial charge in [0.1, 0.15) is 0 Å². The monoisotopic (exact) mass is 309 g/mol. The Bertz CT molecular complexity index is 453. The Kier molecular flexibility index (Phi) is 5.11. The van der Waals surface area contributed by atoms with Crippen LogP contribution in [0.1, 0.15) is 64.6 Å². The van der Waals surface area contributed by atoms with Gasteiger partial charge in [-0.3, -0.25) is 4.90 Å². The Morgan fingerprint density at radius 3 is 2.33 bits per heavy atom. The van der Waals surface area contributed by atoms with Gasteiger partial charge in [0.2, 0.25) is 0 Å². The van der Waals surface area contributed by atoms with Crippen molar-refractivity contribution in [3.05, 3.63) is 16.1 Å². The molecule has 1 unspecified atom stereocenters. The molecule has 1 aliphatic heterocycles. The molecule has 3 nitrogen and oxygen atoms in total. The van der Waals surface area contributed by atoms with E-state index < -0.39 is 0 Å². The maximum atomic E-state index is 6.56. The van der Waals surface area contributed by atoms with Crippen molar-refractivity contribution in [3.63, 3.8) is 0 Å². The van der Waals surface area contributed by atoms with Crippen LogP contribution in [0.25, 0.3) is 0 Å². The topological polar surface area (TPSA) is 42.1 Å². The highest BCUT2D eigenvalue weighted by atomic mass is 32.1. The fourth-order valence-electron chi connectivity index (χ4n) is 2.89. The van der Waals surface area contributed by atoms with E-state index in [9.17, 15) is 0 Å². The molecule has 2 heterocycles. The lowest BCUT2D eigenvalue weighted by atomic mass is 9.89. The third kappa shape index (κ3) is 4.05. The molecule has 0 spiro atoms. The molecule has 1 fully saturated rings. The minimum atomic E-state index is 0.0496. The summed E-state index contributed by atoms with van der Waals surface area (Å²) in [7, 11) is 0. The summed E-state index contributed by atoms with van der Waals surface area (Å²) in [5, 5.41) is 3.37. The van der Waals surface area contributed by atoms with Gasteiger partial charge < -0.3 is 5.73 Å². The minimum Gasteiger partial charge on any atom is -0.326 e. The Hall–Kier alpha value is -0.450. The molecule has 21 heavy (non-hydrogen) atoms. The van der Waals surface area contributed by atoms with E-state index in [2.05, 4.69) is 44.9 Å². The second-order valence-corrected chi connectivity index (χ2v) is 8.83. The molecule has 1 aromatic rings. The summed E-state index contributed by atoms with van der Waals surface area (Å²) in [6, 6.07) is 0.134. The number of nitrogens with two attached hydrogens (primary N) is 1. The number of rotatable bonds is 4. The van der Waals surface area contributed by atoms with E-state index in [1.165, 1.54) is 43.1 Å². The van der Waals surface area contributed by atoms with Crippen molar-refractivity contribution in [1.82, 2.24) is 9.88 Å². The summed E-state index contributed by atoms with van der Waals surface area (Å²) in [6.45, 7) is 13.6. The van der Waals surface area contributed by atoms with Crippen molar-refractivity contribution in [2.75, 3.05) is 13.1 Å². The Balaban J connectivity index is 2.02. The zero-order chi connectivity index (χ0) is 15.7. The second kappa shape index (κ2) is 6.35. The standard InChI is InChI=1S/C17H31N3S/c1-16(2,3)14-12-21-15(19-14)11-13(18)17(4,5)20-9-7-6-8-10-20/h12-13H,6-11,18H2,1-5H3. The first-order valence-electron chi connectivity index (χ1n) is 8.17. The second-order valence-electron chi connectivity index (χ2n) is 7.89. The van der Waals surface area contributed by atoms with Gasteiger partial charge in [-0.05, 0) is 39.8 Å². The molecule has 1 atom stereocenters. The quantitative estimate of drug-likeness (QED) is 0.924. The van der Waals surface area contributed by atoms with Crippen molar-refractivity contribution >= 4 is 11.3 Å². The van der Waals surface area contributed by atoms with Crippen molar-refractivity contribution in [3.8, 4) is 0 Å². The Morgan fingerprint density at radius 2 is 1.81 bits per heavy atom. The molecular formula is C17H31N3S. The molecule has 1 aromatic heterocycles. The van der Waals surface area contributed by atoms with Crippen LogP contribution in [0.3, 0.4) is 0 Å². The highest BCUT2D eigenvalue weighted by Crippen LogP contribution is 2.28. The molecular weight excluding hydrogens is 278 g/mol. The lowest BCUT2D eigenvalue weighted by Crippen LogP contribution is -2.58. The van der Waals surface area contributed by atoms with E-state index in [0.29, 0.717) is 0 Å². The van der Waals surface area contributed by atoms with Crippen LogP contribution in [0.5, 0.6) is 0 Å². The molecule has 4 heteroatoms. The minimum absolute atomic E-state index is 0.0496. The van der Waals surface area contributed by atoms with E-state index in [1.807, 2.05) is 0 Å². The fourth-order valence-corrected chi connectivity index (χ4v) is 3.97.